The van der Waals surface area contributed by atoms with Crippen molar-refractivity contribution in [3.8, 4) is 0 Å². The third-order valence-electron chi connectivity index (χ3n) is 2.71. The second-order valence-corrected chi connectivity index (χ2v) is 3.79. The fourth-order valence-electron chi connectivity index (χ4n) is 1.76. The van der Waals surface area contributed by atoms with Crippen molar-refractivity contribution in [3.63, 3.8) is 0 Å². The summed E-state index contributed by atoms with van der Waals surface area (Å²) in [5.74, 6) is -0.126. The monoisotopic (exact) mass is 223 g/mol. The highest BCUT2D eigenvalue weighted by Crippen LogP contribution is 2.23. The van der Waals surface area contributed by atoms with Crippen molar-refractivity contribution in [2.24, 2.45) is 0 Å². The third-order valence-corrected chi connectivity index (χ3v) is 2.71. The van der Waals surface area contributed by atoms with Gasteiger partial charge in [0, 0.05) is 12.1 Å². The Labute approximate surface area is 92.3 Å². The van der Waals surface area contributed by atoms with Crippen LogP contribution in [0.5, 0.6) is 0 Å². The zero-order valence-electron chi connectivity index (χ0n) is 8.55. The molecule has 4 N–H and O–H groups in total. The molecule has 0 saturated heterocycles. The lowest BCUT2D eigenvalue weighted by molar-refractivity contribution is -0.0152. The van der Waals surface area contributed by atoms with Gasteiger partial charge in [0.25, 0.3) is 5.91 Å². The smallest absolute Gasteiger partial charge is 0.251 e. The topological polar surface area (TPSA) is 89.8 Å². The summed E-state index contributed by atoms with van der Waals surface area (Å²) in [7, 11) is 0. The molecule has 1 aromatic rings. The summed E-state index contributed by atoms with van der Waals surface area (Å²) in [6, 6.07) is 4.85. The molecule has 2 rings (SSSR count). The standard InChI is InChI=1S/C11H13NO4/c13-5-9(14)10(15)6-1-2-8-7(3-6)4-12-11(8)16/h1-3,9-10,13-15H,4-5H2,(H,12,16). The van der Waals surface area contributed by atoms with Crippen LogP contribution in [0.2, 0.25) is 0 Å². The van der Waals surface area contributed by atoms with Gasteiger partial charge in [0.2, 0.25) is 0 Å². The first kappa shape index (κ1) is 11.1. The molecular formula is C11H13NO4. The fraction of sp³-hybridized carbons (Fsp3) is 0.364. The van der Waals surface area contributed by atoms with E-state index in [0.717, 1.165) is 5.56 Å². The van der Waals surface area contributed by atoms with Gasteiger partial charge in [0.1, 0.15) is 12.2 Å². The van der Waals surface area contributed by atoms with E-state index in [1.807, 2.05) is 0 Å². The Hall–Kier alpha value is -1.43. The van der Waals surface area contributed by atoms with E-state index >= 15 is 0 Å². The van der Waals surface area contributed by atoms with E-state index < -0.39 is 18.8 Å². The average Bonchev–Trinajstić information content (AvgIpc) is 2.68. The number of fused-ring (bicyclic) bond motifs is 1. The summed E-state index contributed by atoms with van der Waals surface area (Å²) in [6.45, 7) is -0.0701. The lowest BCUT2D eigenvalue weighted by atomic mass is 10.00. The Kier molecular flexibility index (Phi) is 2.91. The van der Waals surface area contributed by atoms with Crippen molar-refractivity contribution in [2.75, 3.05) is 6.61 Å². The van der Waals surface area contributed by atoms with Crippen molar-refractivity contribution in [2.45, 2.75) is 18.8 Å². The van der Waals surface area contributed by atoms with Gasteiger partial charge in [-0.3, -0.25) is 4.79 Å². The van der Waals surface area contributed by atoms with Crippen LogP contribution in [0.25, 0.3) is 0 Å². The van der Waals surface area contributed by atoms with Crippen LogP contribution in [0.3, 0.4) is 0 Å². The van der Waals surface area contributed by atoms with Crippen molar-refractivity contribution >= 4 is 5.91 Å². The highest BCUT2D eigenvalue weighted by molar-refractivity contribution is 5.98. The van der Waals surface area contributed by atoms with Crippen LogP contribution in [-0.4, -0.2) is 33.9 Å². The first-order valence-corrected chi connectivity index (χ1v) is 5.01. The van der Waals surface area contributed by atoms with Crippen LogP contribution in [0.4, 0.5) is 0 Å². The number of benzene rings is 1. The highest BCUT2D eigenvalue weighted by atomic mass is 16.4. The Morgan fingerprint density at radius 1 is 1.38 bits per heavy atom. The normalized spacial score (nSPS) is 17.8. The van der Waals surface area contributed by atoms with Gasteiger partial charge >= 0.3 is 0 Å². The number of nitrogens with one attached hydrogen (secondary N) is 1. The van der Waals surface area contributed by atoms with Crippen LogP contribution >= 0.6 is 0 Å². The van der Waals surface area contributed by atoms with Gasteiger partial charge in [-0.15, -0.1) is 0 Å². The molecule has 5 heteroatoms. The number of carbonyl (C=O) groups excluding carboxylic acids is 1. The van der Waals surface area contributed by atoms with Crippen molar-refractivity contribution in [3.05, 3.63) is 34.9 Å². The Morgan fingerprint density at radius 3 is 2.81 bits per heavy atom. The Morgan fingerprint density at radius 2 is 2.12 bits per heavy atom. The van der Waals surface area contributed by atoms with Crippen molar-refractivity contribution in [1.29, 1.82) is 0 Å². The molecule has 2 atom stereocenters. The van der Waals surface area contributed by atoms with E-state index in [-0.39, 0.29) is 5.91 Å². The molecule has 0 saturated carbocycles. The molecule has 2 unspecified atom stereocenters. The third kappa shape index (κ3) is 1.80. The van der Waals surface area contributed by atoms with Gasteiger partial charge in [0.05, 0.1) is 6.61 Å². The zero-order chi connectivity index (χ0) is 11.7. The minimum absolute atomic E-state index is 0.126. The van der Waals surface area contributed by atoms with Gasteiger partial charge in [-0.1, -0.05) is 12.1 Å². The average molecular weight is 223 g/mol. The maximum atomic E-state index is 11.3. The maximum absolute atomic E-state index is 11.3. The van der Waals surface area contributed by atoms with Crippen LogP contribution in [0.1, 0.15) is 27.6 Å². The van der Waals surface area contributed by atoms with Gasteiger partial charge in [-0.25, -0.2) is 0 Å². The van der Waals surface area contributed by atoms with E-state index in [9.17, 15) is 15.0 Å². The largest absolute Gasteiger partial charge is 0.394 e. The molecule has 0 aromatic heterocycles. The summed E-state index contributed by atoms with van der Waals surface area (Å²) in [6.07, 6.45) is -2.34. The number of aliphatic hydroxyl groups is 3. The minimum Gasteiger partial charge on any atom is -0.394 e. The molecule has 86 valence electrons. The Balaban J connectivity index is 2.28. The molecular weight excluding hydrogens is 210 g/mol. The van der Waals surface area contributed by atoms with E-state index in [1.165, 1.54) is 0 Å². The predicted octanol–water partition coefficient (Wildman–Crippen LogP) is -0.683. The molecule has 5 nitrogen and oxygen atoms in total. The van der Waals surface area contributed by atoms with Gasteiger partial charge in [-0.05, 0) is 17.2 Å². The number of hydrogen-bond acceptors (Lipinski definition) is 4. The Bertz CT molecular complexity index is 418. The van der Waals surface area contributed by atoms with E-state index in [1.54, 1.807) is 18.2 Å². The molecule has 0 aliphatic carbocycles. The quantitative estimate of drug-likeness (QED) is 0.546. The molecule has 1 aromatic carbocycles. The molecule has 0 fully saturated rings. The first-order chi connectivity index (χ1) is 7.63. The SMILES string of the molecule is O=C1NCc2cc(C(O)C(O)CO)ccc21. The second-order valence-electron chi connectivity index (χ2n) is 3.79. The second kappa shape index (κ2) is 4.21. The summed E-state index contributed by atoms with van der Waals surface area (Å²) < 4.78 is 0. The van der Waals surface area contributed by atoms with Crippen LogP contribution < -0.4 is 5.32 Å². The van der Waals surface area contributed by atoms with E-state index in [0.29, 0.717) is 17.7 Å². The van der Waals surface area contributed by atoms with Crippen molar-refractivity contribution < 1.29 is 20.1 Å². The molecule has 16 heavy (non-hydrogen) atoms. The van der Waals surface area contributed by atoms with Crippen LogP contribution in [0.15, 0.2) is 18.2 Å². The maximum Gasteiger partial charge on any atom is 0.251 e. The zero-order valence-corrected chi connectivity index (χ0v) is 8.55. The summed E-state index contributed by atoms with van der Waals surface area (Å²) >= 11 is 0. The lowest BCUT2D eigenvalue weighted by Crippen LogP contribution is -2.22. The first-order valence-electron chi connectivity index (χ1n) is 5.01. The molecule has 0 radical (unpaired) electrons. The summed E-state index contributed by atoms with van der Waals surface area (Å²) in [5.41, 5.74) is 1.89. The molecule has 0 spiro atoms. The van der Waals surface area contributed by atoms with Gasteiger partial charge in [-0.2, -0.15) is 0 Å². The molecule has 1 heterocycles. The number of hydrogen-bond donors (Lipinski definition) is 4. The van der Waals surface area contributed by atoms with Crippen molar-refractivity contribution in [1.82, 2.24) is 5.32 Å². The molecule has 1 aliphatic rings. The van der Waals surface area contributed by atoms with E-state index in [2.05, 4.69) is 5.32 Å². The summed E-state index contributed by atoms with van der Waals surface area (Å²) in [4.78, 5) is 11.3. The van der Waals surface area contributed by atoms with Crippen LogP contribution in [-0.2, 0) is 6.54 Å². The number of aliphatic hydroxyl groups excluding tert-OH is 3. The summed E-state index contributed by atoms with van der Waals surface area (Å²) in [5, 5.41) is 30.4. The number of carbonyl (C=O) groups is 1. The molecule has 1 aliphatic heterocycles. The van der Waals surface area contributed by atoms with Gasteiger partial charge < -0.3 is 20.6 Å². The fourth-order valence-corrected chi connectivity index (χ4v) is 1.76. The lowest BCUT2D eigenvalue weighted by Gasteiger charge is -2.16. The predicted molar refractivity (Wildman–Crippen MR) is 55.7 cm³/mol. The van der Waals surface area contributed by atoms with E-state index in [4.69, 9.17) is 5.11 Å². The highest BCUT2D eigenvalue weighted by Gasteiger charge is 2.22. The molecule has 1 amide bonds. The number of amides is 1. The minimum atomic E-state index is -1.21. The van der Waals surface area contributed by atoms with Crippen LogP contribution in [0, 0.1) is 0 Å². The molecule has 0 bridgehead atoms. The van der Waals surface area contributed by atoms with Gasteiger partial charge in [0.15, 0.2) is 0 Å². The number of rotatable bonds is 3.